The summed E-state index contributed by atoms with van der Waals surface area (Å²) in [7, 11) is 0. The van der Waals surface area contributed by atoms with Crippen molar-refractivity contribution < 1.29 is 0 Å². The van der Waals surface area contributed by atoms with Crippen LogP contribution in [-0.2, 0) is 0 Å². The van der Waals surface area contributed by atoms with E-state index in [2.05, 4.69) is 9.97 Å². The molecule has 0 radical (unpaired) electrons. The largest absolute Gasteiger partial charge is 0.384 e. The van der Waals surface area contributed by atoms with Crippen LogP contribution in [0.5, 0.6) is 0 Å². The van der Waals surface area contributed by atoms with E-state index < -0.39 is 0 Å². The molecular formula is C16H14N4. The molecule has 0 atom stereocenters. The highest BCUT2D eigenvalue weighted by molar-refractivity contribution is 5.98. The Kier molecular flexibility index (Phi) is 3.05. The second-order valence-corrected chi connectivity index (χ2v) is 4.51. The third-order valence-electron chi connectivity index (χ3n) is 3.04. The molecule has 98 valence electrons. The van der Waals surface area contributed by atoms with Gasteiger partial charge in [-0.2, -0.15) is 0 Å². The van der Waals surface area contributed by atoms with Crippen LogP contribution in [0.1, 0.15) is 17.0 Å². The van der Waals surface area contributed by atoms with Crippen molar-refractivity contribution in [2.75, 3.05) is 0 Å². The lowest BCUT2D eigenvalue weighted by Gasteiger charge is -1.96. The third-order valence-corrected chi connectivity index (χ3v) is 3.04. The van der Waals surface area contributed by atoms with Crippen LogP contribution in [0.4, 0.5) is 0 Å². The summed E-state index contributed by atoms with van der Waals surface area (Å²) in [5.41, 5.74) is 9.04. The third kappa shape index (κ3) is 2.44. The van der Waals surface area contributed by atoms with Gasteiger partial charge in [0.25, 0.3) is 0 Å². The summed E-state index contributed by atoms with van der Waals surface area (Å²) in [6.07, 6.45) is 3.94. The Labute approximate surface area is 116 Å². The van der Waals surface area contributed by atoms with Crippen LogP contribution in [0.15, 0.2) is 48.5 Å². The quantitative estimate of drug-likeness (QED) is 0.501. The SMILES string of the molecule is N=C(N)c1ccc2nc(/C=C\c3ccccc3)[nH]c2c1. The first-order valence-corrected chi connectivity index (χ1v) is 6.30. The standard InChI is InChI=1S/C16H14N4/c17-16(18)12-7-8-13-14(10-12)20-15(19-13)9-6-11-4-2-1-3-5-11/h1-10H,(H3,17,18)(H,19,20)/b9-6-. The van der Waals surface area contributed by atoms with Gasteiger partial charge in [0.2, 0.25) is 0 Å². The van der Waals surface area contributed by atoms with Crippen LogP contribution >= 0.6 is 0 Å². The molecule has 0 unspecified atom stereocenters. The van der Waals surface area contributed by atoms with Crippen LogP contribution in [0.25, 0.3) is 23.2 Å². The Hall–Kier alpha value is -2.88. The normalized spacial score (nSPS) is 11.2. The molecular weight excluding hydrogens is 248 g/mol. The lowest BCUT2D eigenvalue weighted by molar-refractivity contribution is 1.29. The number of H-pyrrole nitrogens is 1. The number of aromatic amines is 1. The van der Waals surface area contributed by atoms with Crippen molar-refractivity contribution >= 4 is 29.0 Å². The fraction of sp³-hybridized carbons (Fsp3) is 0. The molecule has 4 heteroatoms. The second-order valence-electron chi connectivity index (χ2n) is 4.51. The van der Waals surface area contributed by atoms with Crippen molar-refractivity contribution in [3.05, 3.63) is 65.5 Å². The molecule has 0 saturated carbocycles. The topological polar surface area (TPSA) is 78.6 Å². The van der Waals surface area contributed by atoms with E-state index in [4.69, 9.17) is 11.1 Å². The van der Waals surface area contributed by atoms with Crippen molar-refractivity contribution in [2.45, 2.75) is 0 Å². The van der Waals surface area contributed by atoms with Gasteiger partial charge in [-0.3, -0.25) is 5.41 Å². The van der Waals surface area contributed by atoms with E-state index in [-0.39, 0.29) is 5.84 Å². The van der Waals surface area contributed by atoms with Crippen molar-refractivity contribution in [1.82, 2.24) is 9.97 Å². The smallest absolute Gasteiger partial charge is 0.131 e. The molecule has 0 aliphatic heterocycles. The number of rotatable bonds is 3. The highest BCUT2D eigenvalue weighted by atomic mass is 14.9. The molecule has 0 fully saturated rings. The molecule has 3 rings (SSSR count). The average molecular weight is 262 g/mol. The number of hydrogen-bond acceptors (Lipinski definition) is 2. The van der Waals surface area contributed by atoms with Gasteiger partial charge in [0.05, 0.1) is 11.0 Å². The second kappa shape index (κ2) is 5.01. The number of hydrogen-bond donors (Lipinski definition) is 3. The highest BCUT2D eigenvalue weighted by Gasteiger charge is 2.03. The first-order chi connectivity index (χ1) is 9.72. The van der Waals surface area contributed by atoms with Crippen LogP contribution in [0.2, 0.25) is 0 Å². The van der Waals surface area contributed by atoms with Crippen LogP contribution in [-0.4, -0.2) is 15.8 Å². The van der Waals surface area contributed by atoms with Crippen molar-refractivity contribution in [3.8, 4) is 0 Å². The van der Waals surface area contributed by atoms with Crippen LogP contribution < -0.4 is 5.73 Å². The van der Waals surface area contributed by atoms with E-state index in [1.165, 1.54) is 0 Å². The van der Waals surface area contributed by atoms with Crippen molar-refractivity contribution in [1.29, 1.82) is 5.41 Å². The Balaban J connectivity index is 1.93. The number of imidazole rings is 1. The average Bonchev–Trinajstić information content (AvgIpc) is 2.88. The molecule has 0 spiro atoms. The molecule has 1 heterocycles. The summed E-state index contributed by atoms with van der Waals surface area (Å²) in [6, 6.07) is 15.6. The van der Waals surface area contributed by atoms with Gasteiger partial charge >= 0.3 is 0 Å². The number of fused-ring (bicyclic) bond motifs is 1. The van der Waals surface area contributed by atoms with E-state index in [1.54, 1.807) is 6.07 Å². The van der Waals surface area contributed by atoms with E-state index in [9.17, 15) is 0 Å². The molecule has 0 aliphatic rings. The zero-order valence-corrected chi connectivity index (χ0v) is 10.8. The van der Waals surface area contributed by atoms with Crippen molar-refractivity contribution in [2.24, 2.45) is 5.73 Å². The molecule has 0 bridgehead atoms. The van der Waals surface area contributed by atoms with E-state index in [0.717, 1.165) is 22.4 Å². The van der Waals surface area contributed by atoms with Gasteiger partial charge in [-0.1, -0.05) is 36.4 Å². The summed E-state index contributed by atoms with van der Waals surface area (Å²) in [5, 5.41) is 7.44. The number of nitrogens with zero attached hydrogens (tertiary/aromatic N) is 1. The summed E-state index contributed by atoms with van der Waals surface area (Å²) in [4.78, 5) is 7.69. The lowest BCUT2D eigenvalue weighted by Crippen LogP contribution is -2.10. The van der Waals surface area contributed by atoms with Gasteiger partial charge in [0, 0.05) is 5.56 Å². The van der Waals surface area contributed by atoms with E-state index >= 15 is 0 Å². The first-order valence-electron chi connectivity index (χ1n) is 6.30. The molecule has 4 nitrogen and oxygen atoms in total. The molecule has 0 saturated heterocycles. The van der Waals surface area contributed by atoms with Gasteiger partial charge in [-0.05, 0) is 29.8 Å². The predicted molar refractivity (Wildman–Crippen MR) is 82.5 cm³/mol. The van der Waals surface area contributed by atoms with E-state index in [1.807, 2.05) is 54.6 Å². The zero-order chi connectivity index (χ0) is 13.9. The molecule has 0 amide bonds. The summed E-state index contributed by atoms with van der Waals surface area (Å²) in [6.45, 7) is 0. The predicted octanol–water partition coefficient (Wildman–Crippen LogP) is 3.02. The molecule has 0 aliphatic carbocycles. The zero-order valence-electron chi connectivity index (χ0n) is 10.8. The van der Waals surface area contributed by atoms with Crippen molar-refractivity contribution in [3.63, 3.8) is 0 Å². The van der Waals surface area contributed by atoms with Crippen LogP contribution in [0, 0.1) is 5.41 Å². The number of nitrogens with one attached hydrogen (secondary N) is 2. The Morgan fingerprint density at radius 3 is 2.65 bits per heavy atom. The monoisotopic (exact) mass is 262 g/mol. The molecule has 2 aromatic carbocycles. The van der Waals surface area contributed by atoms with Gasteiger partial charge in [0.1, 0.15) is 11.7 Å². The van der Waals surface area contributed by atoms with Gasteiger partial charge in [0.15, 0.2) is 0 Å². The number of amidine groups is 1. The molecule has 1 aromatic heterocycles. The maximum Gasteiger partial charge on any atom is 0.131 e. The summed E-state index contributed by atoms with van der Waals surface area (Å²) in [5.74, 6) is 0.840. The highest BCUT2D eigenvalue weighted by Crippen LogP contribution is 2.15. The Morgan fingerprint density at radius 1 is 1.10 bits per heavy atom. The minimum Gasteiger partial charge on any atom is -0.384 e. The number of benzene rings is 2. The fourth-order valence-electron chi connectivity index (χ4n) is 2.02. The van der Waals surface area contributed by atoms with Gasteiger partial charge in [-0.25, -0.2) is 4.98 Å². The number of nitrogens with two attached hydrogens (primary N) is 1. The molecule has 3 aromatic rings. The molecule has 4 N–H and O–H groups in total. The first kappa shape index (κ1) is 12.2. The minimum atomic E-state index is 0.0582. The van der Waals surface area contributed by atoms with Gasteiger partial charge in [-0.15, -0.1) is 0 Å². The van der Waals surface area contributed by atoms with Crippen LogP contribution in [0.3, 0.4) is 0 Å². The summed E-state index contributed by atoms with van der Waals surface area (Å²) < 4.78 is 0. The van der Waals surface area contributed by atoms with E-state index in [0.29, 0.717) is 5.56 Å². The Morgan fingerprint density at radius 2 is 1.90 bits per heavy atom. The molecule has 20 heavy (non-hydrogen) atoms. The number of nitrogen functional groups attached to an aromatic ring is 1. The minimum absolute atomic E-state index is 0.0582. The maximum atomic E-state index is 7.44. The summed E-state index contributed by atoms with van der Waals surface area (Å²) >= 11 is 0. The Bertz CT molecular complexity index is 785. The number of aromatic nitrogens is 2. The fourth-order valence-corrected chi connectivity index (χ4v) is 2.02. The lowest BCUT2D eigenvalue weighted by atomic mass is 10.2. The van der Waals surface area contributed by atoms with Gasteiger partial charge < -0.3 is 10.7 Å². The maximum absolute atomic E-state index is 7.44.